The Morgan fingerprint density at radius 1 is 0.385 bits per heavy atom. The number of rotatable bonds is 35. The predicted molar refractivity (Wildman–Crippen MR) is 435 cm³/mol. The number of amides is 2. The SMILES string of the molecule is C=C(C)[C@@H]1CC[C@]2(C(=O)NCCCCCCCCCC(C)=O)CC[C@]3(C)[C@H](CC[C@@H]4[C@@]5(C)CC[C@H](OC(=O)CC(C)(C)OC=O)C(C)(C)[C@@H]5CC[C@]43C)[C@@H]12.C=C(C)[C@@H]1CC[C@]2(C(=O)NCCCCCCCCCCC(C)=O)CC[C@]3(C)[C@H](CC[C@@H]4[C@@]5(C)CC[C@H](OC(=O)CC(C)(C)OC=O)C(C)(C)[C@@H]5CC[C@]43C)[C@@H]12. The highest BCUT2D eigenvalue weighted by molar-refractivity contribution is 5.84. The predicted octanol–water partition coefficient (Wildman–Crippen LogP) is 21.8. The minimum Gasteiger partial charge on any atom is -0.462 e. The number of allylic oxidation sites excluding steroid dienone is 2. The minimum atomic E-state index is -0.883. The Balaban J connectivity index is 0.000000251. The average molecular weight is 1520 g/mol. The molecular weight excluding hydrogens is 1360 g/mol. The maximum absolute atomic E-state index is 14.5. The van der Waals surface area contributed by atoms with E-state index >= 15 is 0 Å². The summed E-state index contributed by atoms with van der Waals surface area (Å²) in [6, 6.07) is 0. The maximum atomic E-state index is 14.5. The Morgan fingerprint density at radius 2 is 0.716 bits per heavy atom. The van der Waals surface area contributed by atoms with Crippen molar-refractivity contribution in [3.05, 3.63) is 24.3 Å². The molecule has 0 spiro atoms. The van der Waals surface area contributed by atoms with E-state index in [9.17, 15) is 38.4 Å². The highest BCUT2D eigenvalue weighted by Crippen LogP contribution is 2.80. The summed E-state index contributed by atoms with van der Waals surface area (Å²) in [5.74, 6) is 5.27. The molecule has 0 bridgehead atoms. The van der Waals surface area contributed by atoms with Crippen molar-refractivity contribution in [3.63, 3.8) is 0 Å². The third kappa shape index (κ3) is 17.6. The number of esters is 2. The van der Waals surface area contributed by atoms with E-state index in [4.69, 9.17) is 18.9 Å². The summed E-state index contributed by atoms with van der Waals surface area (Å²) in [4.78, 5) is 99.6. The van der Waals surface area contributed by atoms with Gasteiger partial charge in [0.1, 0.15) is 35.0 Å². The third-order valence-electron chi connectivity index (χ3n) is 34.6. The van der Waals surface area contributed by atoms with E-state index in [1.54, 1.807) is 41.5 Å². The van der Waals surface area contributed by atoms with Crippen LogP contribution in [0.2, 0.25) is 0 Å². The molecule has 2 amide bonds. The van der Waals surface area contributed by atoms with Crippen LogP contribution in [0.1, 0.15) is 375 Å². The van der Waals surface area contributed by atoms with E-state index in [0.29, 0.717) is 102 Å². The Hall–Kier alpha value is -4.36. The Morgan fingerprint density at radius 3 is 1.04 bits per heavy atom. The highest BCUT2D eigenvalue weighted by Gasteiger charge is 2.75. The average Bonchev–Trinajstić information content (AvgIpc) is 1.64. The number of Topliss-reactive ketones (excluding diaryl/α,β-unsaturated/α-hetero) is 2. The molecule has 0 heterocycles. The molecule has 2 N–H and O–H groups in total. The van der Waals surface area contributed by atoms with Crippen molar-refractivity contribution in [2.45, 2.75) is 398 Å². The van der Waals surface area contributed by atoms with Gasteiger partial charge in [-0.3, -0.25) is 28.8 Å². The van der Waals surface area contributed by atoms with Crippen molar-refractivity contribution < 1.29 is 57.3 Å². The molecule has 10 rings (SSSR count). The first kappa shape index (κ1) is 88.6. The molecule has 20 atom stereocenters. The van der Waals surface area contributed by atoms with Crippen LogP contribution in [0.5, 0.6) is 0 Å². The zero-order valence-corrected chi connectivity index (χ0v) is 72.4. The summed E-state index contributed by atoms with van der Waals surface area (Å²) < 4.78 is 22.8. The molecule has 0 saturated heterocycles. The zero-order valence-electron chi connectivity index (χ0n) is 72.4. The Kier molecular flexibility index (Phi) is 28.4. The van der Waals surface area contributed by atoms with E-state index in [2.05, 4.69) is 107 Å². The summed E-state index contributed by atoms with van der Waals surface area (Å²) in [5, 5.41) is 7.00. The summed E-state index contributed by atoms with van der Waals surface area (Å²) in [6.45, 7) is 51.3. The standard InChI is InChI=1S/C48H79NO6.C47H77NO6/c1-33(2)35-22-27-48(42(53)49-30-18-16-14-12-11-13-15-17-19-34(3)51)29-28-46(9)36(41(35)48)20-21-38-45(8)25-24-39(55-40(52)31-43(4,5)54-32-50)44(6,7)37(45)23-26-47(38,46)10;1-32(2)34-21-26-47(41(52)48-29-17-15-13-11-12-14-16-18-33(3)50)28-27-45(9)35(40(34)47)19-20-37-44(8)24-23-38(54-39(51)30-42(4,5)53-31-49)43(6,7)36(44)22-25-46(37,45)10/h32,35-39,41H,1,11-31H2,2-10H3,(H,49,53);31,34-38,40H,1,11-30H2,2-10H3,(H,48,52)/t35-,36+,37-,38+,39-,41+,45-,46+,47+,48-;34-,35+,36-,37+,38-,40+,44-,45+,46+,47-/m00/s1. The number of carbonyl (C=O) groups is 8. The molecule has 0 aliphatic heterocycles. The molecule has 0 aromatic rings. The topological polar surface area (TPSA) is 198 Å². The van der Waals surface area contributed by atoms with Gasteiger partial charge in [-0.2, -0.15) is 0 Å². The van der Waals surface area contributed by atoms with Gasteiger partial charge in [0.25, 0.3) is 12.9 Å². The third-order valence-corrected chi connectivity index (χ3v) is 34.6. The number of ether oxygens (including phenoxy) is 4. The van der Waals surface area contributed by atoms with Gasteiger partial charge in [0.05, 0.1) is 23.7 Å². The monoisotopic (exact) mass is 1520 g/mol. The van der Waals surface area contributed by atoms with Crippen molar-refractivity contribution >= 4 is 48.3 Å². The first-order valence-corrected chi connectivity index (χ1v) is 44.6. The van der Waals surface area contributed by atoms with Gasteiger partial charge >= 0.3 is 11.9 Å². The number of ketones is 2. The highest BCUT2D eigenvalue weighted by atomic mass is 16.6. The minimum absolute atomic E-state index is 0.0529. The lowest BCUT2D eigenvalue weighted by Gasteiger charge is -2.72. The second-order valence-corrected chi connectivity index (χ2v) is 42.4. The second kappa shape index (κ2) is 35.0. The van der Waals surface area contributed by atoms with E-state index < -0.39 is 11.2 Å². The molecule has 10 aliphatic carbocycles. The van der Waals surface area contributed by atoms with Gasteiger partial charge in [-0.05, 0) is 301 Å². The summed E-state index contributed by atoms with van der Waals surface area (Å²) >= 11 is 0. The Labute approximate surface area is 661 Å². The molecule has 0 unspecified atom stereocenters. The van der Waals surface area contributed by atoms with Gasteiger partial charge in [-0.25, -0.2) is 0 Å². The van der Waals surface area contributed by atoms with E-state index in [1.807, 2.05) is 0 Å². The summed E-state index contributed by atoms with van der Waals surface area (Å²) in [5.41, 5.74) is 0.826. The fourth-order valence-electron chi connectivity index (χ4n) is 28.6. The van der Waals surface area contributed by atoms with Gasteiger partial charge in [-0.1, -0.05) is 164 Å². The van der Waals surface area contributed by atoms with Crippen LogP contribution >= 0.6 is 0 Å². The van der Waals surface area contributed by atoms with E-state index in [0.717, 1.165) is 161 Å². The van der Waals surface area contributed by atoms with Crippen LogP contribution in [0.15, 0.2) is 24.3 Å². The zero-order chi connectivity index (χ0) is 80.2. The summed E-state index contributed by atoms with van der Waals surface area (Å²) in [6.07, 6.45) is 40.0. The molecule has 109 heavy (non-hydrogen) atoms. The Bertz CT molecular complexity index is 3240. The lowest BCUT2D eigenvalue weighted by atomic mass is 9.32. The molecule has 0 aromatic heterocycles. The number of unbranched alkanes of at least 4 members (excludes halogenated alkanes) is 13. The molecule has 0 aromatic carbocycles. The quantitative estimate of drug-likeness (QED) is 0.0200. The van der Waals surface area contributed by atoms with Crippen LogP contribution in [-0.4, -0.2) is 84.8 Å². The fourth-order valence-corrected chi connectivity index (χ4v) is 28.6. The number of hydrogen-bond acceptors (Lipinski definition) is 12. The lowest BCUT2D eigenvalue weighted by molar-refractivity contribution is -0.249. The van der Waals surface area contributed by atoms with Gasteiger partial charge in [0.2, 0.25) is 11.8 Å². The van der Waals surface area contributed by atoms with Crippen molar-refractivity contribution in [1.82, 2.24) is 10.6 Å². The first-order chi connectivity index (χ1) is 51.1. The number of carbonyl (C=O) groups excluding carboxylic acids is 8. The normalized spacial score (nSPS) is 37.9. The van der Waals surface area contributed by atoms with E-state index in [-0.39, 0.29) is 91.1 Å². The molecule has 14 heteroatoms. The largest absolute Gasteiger partial charge is 0.462 e. The van der Waals surface area contributed by atoms with Crippen LogP contribution in [-0.2, 0) is 57.3 Å². The van der Waals surface area contributed by atoms with Crippen LogP contribution in [0.3, 0.4) is 0 Å². The van der Waals surface area contributed by atoms with Crippen molar-refractivity contribution in [1.29, 1.82) is 0 Å². The molecule has 10 aliphatic rings. The molecule has 10 saturated carbocycles. The van der Waals surface area contributed by atoms with Gasteiger partial charge in [0.15, 0.2) is 0 Å². The molecule has 0 radical (unpaired) electrons. The second-order valence-electron chi connectivity index (χ2n) is 42.4. The van der Waals surface area contributed by atoms with E-state index in [1.165, 1.54) is 94.6 Å². The molecule has 14 nitrogen and oxygen atoms in total. The first-order valence-electron chi connectivity index (χ1n) is 44.6. The fraction of sp³-hybridized carbons (Fsp3) is 0.874. The molecule has 618 valence electrons. The number of nitrogens with one attached hydrogen (secondary N) is 2. The van der Waals surface area contributed by atoms with Crippen molar-refractivity contribution in [2.24, 2.45) is 113 Å². The maximum Gasteiger partial charge on any atom is 0.310 e. The van der Waals surface area contributed by atoms with Gasteiger partial charge in [0, 0.05) is 36.8 Å². The summed E-state index contributed by atoms with van der Waals surface area (Å²) in [7, 11) is 0. The van der Waals surface area contributed by atoms with Crippen molar-refractivity contribution in [3.8, 4) is 0 Å². The smallest absolute Gasteiger partial charge is 0.310 e. The van der Waals surface area contributed by atoms with Crippen LogP contribution < -0.4 is 10.6 Å². The van der Waals surface area contributed by atoms with Gasteiger partial charge < -0.3 is 39.2 Å². The number of hydrogen-bond donors (Lipinski definition) is 2. The van der Waals surface area contributed by atoms with Crippen LogP contribution in [0, 0.1) is 113 Å². The lowest BCUT2D eigenvalue weighted by Crippen LogP contribution is -2.67. The van der Waals surface area contributed by atoms with Crippen LogP contribution in [0.25, 0.3) is 0 Å². The molecular formula is C95H156N2O12. The number of fused-ring (bicyclic) bond motifs is 14. The van der Waals surface area contributed by atoms with Crippen LogP contribution in [0.4, 0.5) is 0 Å². The molecule has 10 fully saturated rings. The van der Waals surface area contributed by atoms with Crippen molar-refractivity contribution in [2.75, 3.05) is 13.1 Å². The van der Waals surface area contributed by atoms with Gasteiger partial charge in [-0.15, -0.1) is 0 Å².